The third-order valence-corrected chi connectivity index (χ3v) is 5.14. The number of nitrogens with one attached hydrogen (secondary N) is 1. The second-order valence-electron chi connectivity index (χ2n) is 5.48. The monoisotopic (exact) mass is 333 g/mol. The van der Waals surface area contributed by atoms with E-state index in [2.05, 4.69) is 0 Å². The van der Waals surface area contributed by atoms with Crippen molar-refractivity contribution in [3.63, 3.8) is 0 Å². The zero-order valence-corrected chi connectivity index (χ0v) is 12.9. The third kappa shape index (κ3) is 4.10. The highest BCUT2D eigenvalue weighted by molar-refractivity contribution is 7.89. The van der Waals surface area contributed by atoms with Crippen LogP contribution in [-0.4, -0.2) is 20.6 Å². The largest absolute Gasteiger partial charge is 0.405 e. The second kappa shape index (κ2) is 6.42. The Hall–Kier alpha value is -1.34. The average Bonchev–Trinajstić information content (AvgIpc) is 2.45. The summed E-state index contributed by atoms with van der Waals surface area (Å²) in [4.78, 5) is -0.160. The minimum atomic E-state index is -4.63. The summed E-state index contributed by atoms with van der Waals surface area (Å²) in [7, 11) is -4.21. The van der Waals surface area contributed by atoms with E-state index in [-0.39, 0.29) is 4.90 Å². The zero-order valence-electron chi connectivity index (χ0n) is 12.1. The van der Waals surface area contributed by atoms with Gasteiger partial charge in [-0.25, -0.2) is 8.42 Å². The predicted octanol–water partition coefficient (Wildman–Crippen LogP) is 3.56. The van der Waals surface area contributed by atoms with Crippen LogP contribution in [0.2, 0.25) is 0 Å². The number of halogens is 3. The van der Waals surface area contributed by atoms with Gasteiger partial charge >= 0.3 is 6.18 Å². The molecule has 0 radical (unpaired) electrons. The molecule has 0 spiro atoms. The highest BCUT2D eigenvalue weighted by Gasteiger charge is 2.46. The van der Waals surface area contributed by atoms with Crippen LogP contribution in [0.25, 0.3) is 0 Å². The minimum Gasteiger partial charge on any atom is -0.207 e. The Kier molecular flexibility index (Phi) is 4.97. The lowest BCUT2D eigenvalue weighted by Crippen LogP contribution is -2.49. The lowest BCUT2D eigenvalue weighted by Gasteiger charge is -2.29. The van der Waals surface area contributed by atoms with E-state index in [0.29, 0.717) is 12.8 Å². The third-order valence-electron chi connectivity index (χ3n) is 3.69. The molecule has 1 aliphatic rings. The SMILES string of the molecule is Cc1ccc(S(=O)(=O)N[C@@H]([C@H]2C=CCCC2)C(F)(F)F)cc1. The standard InChI is InChI=1S/C15H18F3NO2S/c1-11-7-9-13(10-8-11)22(20,21)19-14(15(16,17)18)12-5-3-2-4-6-12/h3,5,7-10,12,14,19H,2,4,6H2,1H3/t12-,14-/m0/s1. The summed E-state index contributed by atoms with van der Waals surface area (Å²) in [6.07, 6.45) is 0.166. The molecular formula is C15H18F3NO2S. The van der Waals surface area contributed by atoms with E-state index in [9.17, 15) is 21.6 Å². The molecule has 0 unspecified atom stereocenters. The van der Waals surface area contributed by atoms with E-state index < -0.39 is 28.2 Å². The lowest BCUT2D eigenvalue weighted by molar-refractivity contribution is -0.160. The number of alkyl halides is 3. The van der Waals surface area contributed by atoms with Gasteiger partial charge < -0.3 is 0 Å². The molecule has 7 heteroatoms. The Morgan fingerprint density at radius 1 is 1.23 bits per heavy atom. The zero-order chi connectivity index (χ0) is 16.4. The van der Waals surface area contributed by atoms with Gasteiger partial charge in [0, 0.05) is 5.92 Å². The summed E-state index contributed by atoms with van der Waals surface area (Å²) in [5, 5.41) is 0. The van der Waals surface area contributed by atoms with Gasteiger partial charge in [0.25, 0.3) is 0 Å². The molecule has 22 heavy (non-hydrogen) atoms. The Labute approximate surface area is 128 Å². The van der Waals surface area contributed by atoms with Gasteiger partial charge in [-0.2, -0.15) is 17.9 Å². The van der Waals surface area contributed by atoms with Crippen LogP contribution in [0.15, 0.2) is 41.3 Å². The molecule has 0 amide bonds. The van der Waals surface area contributed by atoms with Crippen LogP contribution in [0.3, 0.4) is 0 Å². The molecule has 0 saturated heterocycles. The molecule has 1 aromatic rings. The summed E-state index contributed by atoms with van der Waals surface area (Å²) < 4.78 is 66.0. The fraction of sp³-hybridized carbons (Fsp3) is 0.467. The molecular weight excluding hydrogens is 315 g/mol. The van der Waals surface area contributed by atoms with Gasteiger partial charge in [0.15, 0.2) is 0 Å². The number of rotatable bonds is 4. The van der Waals surface area contributed by atoms with Crippen molar-refractivity contribution in [1.29, 1.82) is 0 Å². The minimum absolute atomic E-state index is 0.160. The van der Waals surface area contributed by atoms with Crippen LogP contribution in [0, 0.1) is 12.8 Å². The van der Waals surface area contributed by atoms with E-state index >= 15 is 0 Å². The van der Waals surface area contributed by atoms with Crippen LogP contribution in [0.4, 0.5) is 13.2 Å². The predicted molar refractivity (Wildman–Crippen MR) is 77.8 cm³/mol. The Balaban J connectivity index is 2.28. The first-order valence-corrected chi connectivity index (χ1v) is 8.51. The number of benzene rings is 1. The van der Waals surface area contributed by atoms with E-state index in [1.54, 1.807) is 25.1 Å². The number of aryl methyl sites for hydroxylation is 1. The van der Waals surface area contributed by atoms with E-state index in [0.717, 1.165) is 12.0 Å². The quantitative estimate of drug-likeness (QED) is 0.857. The van der Waals surface area contributed by atoms with Crippen molar-refractivity contribution in [2.75, 3.05) is 0 Å². The van der Waals surface area contributed by atoms with E-state index in [4.69, 9.17) is 0 Å². The molecule has 0 saturated carbocycles. The van der Waals surface area contributed by atoms with Crippen molar-refractivity contribution in [1.82, 2.24) is 4.72 Å². The molecule has 0 aromatic heterocycles. The first-order chi connectivity index (χ1) is 10.2. The summed E-state index contributed by atoms with van der Waals surface area (Å²) in [5.41, 5.74) is 0.835. The Morgan fingerprint density at radius 3 is 2.36 bits per heavy atom. The lowest BCUT2D eigenvalue weighted by atomic mass is 9.89. The smallest absolute Gasteiger partial charge is 0.207 e. The highest BCUT2D eigenvalue weighted by atomic mass is 32.2. The van der Waals surface area contributed by atoms with Crippen molar-refractivity contribution >= 4 is 10.0 Å². The van der Waals surface area contributed by atoms with Crippen molar-refractivity contribution in [2.24, 2.45) is 5.92 Å². The fourth-order valence-electron chi connectivity index (χ4n) is 2.47. The molecule has 1 aliphatic carbocycles. The van der Waals surface area contributed by atoms with Crippen molar-refractivity contribution in [2.45, 2.75) is 43.3 Å². The van der Waals surface area contributed by atoms with Gasteiger partial charge in [-0.1, -0.05) is 29.8 Å². The van der Waals surface area contributed by atoms with Gasteiger partial charge in [-0.3, -0.25) is 0 Å². The van der Waals surface area contributed by atoms with Gasteiger partial charge in [-0.05, 0) is 38.3 Å². The highest BCUT2D eigenvalue weighted by Crippen LogP contribution is 2.32. The van der Waals surface area contributed by atoms with Crippen LogP contribution >= 0.6 is 0 Å². The first kappa shape index (κ1) is 17.0. The van der Waals surface area contributed by atoms with Gasteiger partial charge in [0.05, 0.1) is 4.90 Å². The molecule has 0 fully saturated rings. The van der Waals surface area contributed by atoms with Gasteiger partial charge in [0.1, 0.15) is 6.04 Å². The van der Waals surface area contributed by atoms with Crippen molar-refractivity contribution < 1.29 is 21.6 Å². The topological polar surface area (TPSA) is 46.2 Å². The molecule has 2 rings (SSSR count). The fourth-order valence-corrected chi connectivity index (χ4v) is 3.74. The van der Waals surface area contributed by atoms with E-state index in [1.807, 2.05) is 4.72 Å². The van der Waals surface area contributed by atoms with E-state index in [1.165, 1.54) is 18.2 Å². The molecule has 1 aromatic carbocycles. The van der Waals surface area contributed by atoms with Crippen LogP contribution < -0.4 is 4.72 Å². The molecule has 1 N–H and O–H groups in total. The van der Waals surface area contributed by atoms with Crippen LogP contribution in [0.1, 0.15) is 24.8 Å². The number of sulfonamides is 1. The molecule has 3 nitrogen and oxygen atoms in total. The molecule has 122 valence electrons. The summed E-state index contributed by atoms with van der Waals surface area (Å²) in [5.74, 6) is -0.867. The Bertz CT molecular complexity index is 636. The maximum absolute atomic E-state index is 13.3. The normalized spacial score (nSPS) is 20.8. The van der Waals surface area contributed by atoms with Crippen LogP contribution in [0.5, 0.6) is 0 Å². The van der Waals surface area contributed by atoms with Crippen molar-refractivity contribution in [3.05, 3.63) is 42.0 Å². The maximum atomic E-state index is 13.3. The number of allylic oxidation sites excluding steroid dienone is 1. The molecule has 0 bridgehead atoms. The van der Waals surface area contributed by atoms with Gasteiger partial charge in [0.2, 0.25) is 10.0 Å². The number of hydrogen-bond acceptors (Lipinski definition) is 2. The Morgan fingerprint density at radius 2 is 1.86 bits per heavy atom. The average molecular weight is 333 g/mol. The van der Waals surface area contributed by atoms with Crippen LogP contribution in [-0.2, 0) is 10.0 Å². The maximum Gasteiger partial charge on any atom is 0.405 e. The first-order valence-electron chi connectivity index (χ1n) is 7.02. The summed E-state index contributed by atoms with van der Waals surface area (Å²) in [6, 6.07) is 3.62. The molecule has 0 heterocycles. The molecule has 0 aliphatic heterocycles. The summed E-state index contributed by atoms with van der Waals surface area (Å²) in [6.45, 7) is 1.77. The van der Waals surface area contributed by atoms with Crippen molar-refractivity contribution in [3.8, 4) is 0 Å². The van der Waals surface area contributed by atoms with Gasteiger partial charge in [-0.15, -0.1) is 0 Å². The summed E-state index contributed by atoms with van der Waals surface area (Å²) >= 11 is 0. The second-order valence-corrected chi connectivity index (χ2v) is 7.19. The molecule has 2 atom stereocenters. The number of hydrogen-bond donors (Lipinski definition) is 1.